The molecule has 2 aliphatic rings. The van der Waals surface area contributed by atoms with Crippen LogP contribution >= 0.6 is 17.2 Å². The van der Waals surface area contributed by atoms with Crippen LogP contribution in [0.2, 0.25) is 0 Å². The van der Waals surface area contributed by atoms with Crippen molar-refractivity contribution in [2.24, 2.45) is 0 Å². The zero-order chi connectivity index (χ0) is 58.2. The molecule has 10 heteroatoms. The van der Waals surface area contributed by atoms with Gasteiger partial charge in [0.1, 0.15) is 23.0 Å². The molecule has 10 aromatic carbocycles. The number of ether oxygens (including phenoxy) is 2. The van der Waals surface area contributed by atoms with E-state index in [0.29, 0.717) is 34.1 Å². The maximum atomic E-state index is 7.84. The van der Waals surface area contributed by atoms with Crippen LogP contribution in [0.15, 0.2) is 267 Å². The van der Waals surface area contributed by atoms with Crippen molar-refractivity contribution in [3.05, 3.63) is 323 Å². The highest BCUT2D eigenvalue weighted by Crippen LogP contribution is 2.73. The quantitative estimate of drug-likeness (QED) is 0.0940. The minimum atomic E-state index is -2.33. The summed E-state index contributed by atoms with van der Waals surface area (Å²) in [6.07, 6.45) is 0. The fourth-order valence-corrected chi connectivity index (χ4v) is 15.4. The number of hydrogen-bond acceptors (Lipinski definition) is 8. The molecule has 0 radical (unpaired) electrons. The second-order valence-corrected chi connectivity index (χ2v) is 25.2. The lowest BCUT2D eigenvalue weighted by molar-refractivity contribution is 0.00370. The van der Waals surface area contributed by atoms with E-state index in [1.165, 1.54) is 0 Å². The van der Waals surface area contributed by atoms with Gasteiger partial charge in [-0.25, -0.2) is 0 Å². The molecule has 2 saturated heterocycles. The molecule has 0 saturated carbocycles. The van der Waals surface area contributed by atoms with E-state index in [1.807, 2.05) is 72.8 Å². The Hall–Kier alpha value is -7.90. The highest BCUT2D eigenvalue weighted by atomic mass is 31.2. The summed E-state index contributed by atoms with van der Waals surface area (Å²) < 4.78 is 59.4. The zero-order valence-corrected chi connectivity index (χ0v) is 50.4. The summed E-state index contributed by atoms with van der Waals surface area (Å²) in [7, 11) is -1.28. The second kappa shape index (κ2) is 22.9. The minimum Gasteiger partial charge on any atom is -0.497 e. The van der Waals surface area contributed by atoms with Crippen LogP contribution in [0.3, 0.4) is 0 Å². The van der Waals surface area contributed by atoms with E-state index in [2.05, 4.69) is 236 Å². The summed E-state index contributed by atoms with van der Waals surface area (Å²) >= 11 is 0. The van der Waals surface area contributed by atoms with Crippen LogP contribution in [0, 0.1) is 0 Å². The average molecular weight is 1150 g/mol. The molecule has 2 aliphatic heterocycles. The molecule has 2 heterocycles. The predicted octanol–water partition coefficient (Wildman–Crippen LogP) is 19.0. The molecular formula is C74H68O8P2. The van der Waals surface area contributed by atoms with Crippen LogP contribution in [0.4, 0.5) is 0 Å². The summed E-state index contributed by atoms with van der Waals surface area (Å²) in [5.41, 5.74) is 3.88. The molecule has 0 atom stereocenters. The molecule has 2 fully saturated rings. The molecule has 0 unspecified atom stereocenters. The predicted molar refractivity (Wildman–Crippen MR) is 336 cm³/mol. The molecular weight excluding hydrogens is 1080 g/mol. The Morgan fingerprint density at radius 2 is 0.476 bits per heavy atom. The van der Waals surface area contributed by atoms with E-state index >= 15 is 0 Å². The number of rotatable bonds is 15. The first-order valence-electron chi connectivity index (χ1n) is 28.4. The molecule has 12 rings (SSSR count). The van der Waals surface area contributed by atoms with Crippen LogP contribution in [0.5, 0.6) is 23.0 Å². The van der Waals surface area contributed by atoms with Gasteiger partial charge in [-0.1, -0.05) is 284 Å². The van der Waals surface area contributed by atoms with Crippen molar-refractivity contribution in [3.8, 4) is 34.1 Å². The third kappa shape index (κ3) is 9.69. The molecule has 84 heavy (non-hydrogen) atoms. The summed E-state index contributed by atoms with van der Waals surface area (Å²) in [6.45, 7) is 13.0. The standard InChI is InChI=1S/C74H68O8P2/c1-69(2,3)65-51-61(75-7)49-63(67(65)77-83-79-71(53-33-17-9-18-34-53,54-35-19-10-20-36-54)72(80-83,55-37-21-11-22-38-55)56-39-23-12-24-40-56)64-50-62(76-8)52-66(70(4,5)6)68(64)78-84-81-73(57-41-25-13-26-42-57,58-43-27-14-28-44-58)74(82-84,59-45-29-15-30-46-59)60-47-31-16-32-48-60/h9-52H,1-8H3. The van der Waals surface area contributed by atoms with Gasteiger partial charge in [0, 0.05) is 22.3 Å². The van der Waals surface area contributed by atoms with Gasteiger partial charge in [-0.15, -0.1) is 0 Å². The van der Waals surface area contributed by atoms with Crippen LogP contribution in [-0.2, 0) is 51.3 Å². The fourth-order valence-electron chi connectivity index (χ4n) is 12.2. The van der Waals surface area contributed by atoms with Crippen molar-refractivity contribution in [1.82, 2.24) is 0 Å². The lowest BCUT2D eigenvalue weighted by atomic mass is 9.66. The summed E-state index contributed by atoms with van der Waals surface area (Å²) in [4.78, 5) is 0. The topological polar surface area (TPSA) is 73.8 Å². The zero-order valence-electron chi connectivity index (χ0n) is 48.6. The van der Waals surface area contributed by atoms with Crippen molar-refractivity contribution in [3.63, 3.8) is 0 Å². The largest absolute Gasteiger partial charge is 0.497 e. The molecule has 10 aromatic rings. The second-order valence-electron chi connectivity index (χ2n) is 23.3. The number of benzene rings is 10. The number of methoxy groups -OCH3 is 2. The maximum Gasteiger partial charge on any atom is 0.400 e. The van der Waals surface area contributed by atoms with E-state index in [4.69, 9.17) is 36.6 Å². The summed E-state index contributed by atoms with van der Waals surface area (Å²) in [5.74, 6) is 2.26. The van der Waals surface area contributed by atoms with E-state index in [0.717, 1.165) is 55.6 Å². The van der Waals surface area contributed by atoms with E-state index < -0.39 is 50.4 Å². The Morgan fingerprint density at radius 1 is 0.286 bits per heavy atom. The Bertz CT molecular complexity index is 3250. The van der Waals surface area contributed by atoms with Gasteiger partial charge in [0.15, 0.2) is 22.4 Å². The Balaban J connectivity index is 1.10. The third-order valence-electron chi connectivity index (χ3n) is 16.1. The SMILES string of the molecule is COc1cc(-c2cc(OC)cc(C(C)(C)C)c2OP2OC(c3ccccc3)(c3ccccc3)C(c3ccccc3)(c3ccccc3)O2)c(OP2OC(c3ccccc3)(c3ccccc3)C(c3ccccc3)(c3ccccc3)O2)c(C(C)(C)C)c1. The Kier molecular flexibility index (Phi) is 15.4. The van der Waals surface area contributed by atoms with Crippen molar-refractivity contribution in [1.29, 1.82) is 0 Å². The van der Waals surface area contributed by atoms with Crippen LogP contribution in [0.25, 0.3) is 11.1 Å². The highest BCUT2D eigenvalue weighted by molar-refractivity contribution is 7.42. The first kappa shape index (κ1) is 56.6. The molecule has 0 aromatic heterocycles. The van der Waals surface area contributed by atoms with Crippen molar-refractivity contribution in [2.75, 3.05) is 14.2 Å². The molecule has 0 aliphatic carbocycles. The van der Waals surface area contributed by atoms with Crippen LogP contribution in [0.1, 0.15) is 97.2 Å². The van der Waals surface area contributed by atoms with Crippen LogP contribution < -0.4 is 18.5 Å². The van der Waals surface area contributed by atoms with Gasteiger partial charge in [0.25, 0.3) is 0 Å². The smallest absolute Gasteiger partial charge is 0.400 e. The van der Waals surface area contributed by atoms with E-state index in [1.54, 1.807) is 14.2 Å². The molecule has 8 nitrogen and oxygen atoms in total. The van der Waals surface area contributed by atoms with Crippen molar-refractivity contribution >= 4 is 17.2 Å². The number of hydrogen-bond donors (Lipinski definition) is 0. The van der Waals surface area contributed by atoms with E-state index in [9.17, 15) is 0 Å². The molecule has 422 valence electrons. The lowest BCUT2D eigenvalue weighted by Crippen LogP contribution is -2.48. The lowest BCUT2D eigenvalue weighted by Gasteiger charge is -2.43. The fraction of sp³-hybridized carbons (Fsp3) is 0.189. The van der Waals surface area contributed by atoms with Crippen molar-refractivity contribution in [2.45, 2.75) is 74.8 Å². The first-order chi connectivity index (χ1) is 40.8. The summed E-state index contributed by atoms with van der Waals surface area (Å²) in [6, 6.07) is 91.0. The van der Waals surface area contributed by atoms with Crippen molar-refractivity contribution < 1.29 is 36.6 Å². The van der Waals surface area contributed by atoms with Gasteiger partial charge in [0.2, 0.25) is 0 Å². The van der Waals surface area contributed by atoms with E-state index in [-0.39, 0.29) is 0 Å². The van der Waals surface area contributed by atoms with Gasteiger partial charge >= 0.3 is 17.2 Å². The van der Waals surface area contributed by atoms with Gasteiger partial charge in [0.05, 0.1) is 14.2 Å². The van der Waals surface area contributed by atoms with Gasteiger partial charge in [-0.3, -0.25) is 18.1 Å². The molecule has 0 spiro atoms. The third-order valence-corrected chi connectivity index (χ3v) is 18.5. The first-order valence-corrected chi connectivity index (χ1v) is 30.6. The maximum absolute atomic E-state index is 7.84. The minimum absolute atomic E-state index is 0.520. The highest BCUT2D eigenvalue weighted by Gasteiger charge is 2.69. The summed E-state index contributed by atoms with van der Waals surface area (Å²) in [5, 5.41) is 0. The Labute approximate surface area is 496 Å². The van der Waals surface area contributed by atoms with Gasteiger partial charge in [-0.2, -0.15) is 0 Å². The monoisotopic (exact) mass is 1150 g/mol. The van der Waals surface area contributed by atoms with Gasteiger partial charge < -0.3 is 18.5 Å². The Morgan fingerprint density at radius 3 is 0.643 bits per heavy atom. The molecule has 0 amide bonds. The normalized spacial score (nSPS) is 16.4. The average Bonchev–Trinajstić information content (AvgIpc) is 1.81. The van der Waals surface area contributed by atoms with Gasteiger partial charge in [-0.05, 0) is 79.6 Å². The molecule has 0 N–H and O–H groups in total. The van der Waals surface area contributed by atoms with Crippen LogP contribution in [-0.4, -0.2) is 14.2 Å². The molecule has 0 bridgehead atoms.